The molecule has 1 heterocycles. The smallest absolute Gasteiger partial charge is 0.268 e. The summed E-state index contributed by atoms with van der Waals surface area (Å²) in [6.45, 7) is 6.48. The van der Waals surface area contributed by atoms with Crippen LogP contribution in [0.5, 0.6) is 0 Å². The van der Waals surface area contributed by atoms with Crippen LogP contribution in [0.4, 0.5) is 11.5 Å². The van der Waals surface area contributed by atoms with Gasteiger partial charge in [0.1, 0.15) is 5.82 Å². The molecule has 0 unspecified atom stereocenters. The minimum absolute atomic E-state index is 0.0480. The molecule has 31 heavy (non-hydrogen) atoms. The Balaban J connectivity index is 1.90. The molecule has 0 atom stereocenters. The second kappa shape index (κ2) is 8.77. The molecule has 0 aliphatic carbocycles. The van der Waals surface area contributed by atoms with Gasteiger partial charge in [-0.1, -0.05) is 51.1 Å². The first kappa shape index (κ1) is 22.3. The third-order valence-electron chi connectivity index (χ3n) is 4.63. The second-order valence-corrected chi connectivity index (χ2v) is 9.87. The number of carbonyl (C=O) groups excluding carboxylic acids is 1. The molecule has 0 aliphatic heterocycles. The Labute approximate surface area is 182 Å². The van der Waals surface area contributed by atoms with Gasteiger partial charge in [0, 0.05) is 23.3 Å². The fraction of sp³-hybridized carbons (Fsp3) is 0.217. The van der Waals surface area contributed by atoms with Crippen molar-refractivity contribution >= 4 is 27.4 Å². The van der Waals surface area contributed by atoms with Crippen molar-refractivity contribution in [3.05, 3.63) is 83.6 Å². The second-order valence-electron chi connectivity index (χ2n) is 8.19. The van der Waals surface area contributed by atoms with Crippen molar-refractivity contribution in [3.8, 4) is 0 Å². The Hall–Kier alpha value is -3.39. The van der Waals surface area contributed by atoms with E-state index in [4.69, 9.17) is 5.73 Å². The number of nitrogens with one attached hydrogen (secondary N) is 2. The summed E-state index contributed by atoms with van der Waals surface area (Å²) < 4.78 is 27.4. The Kier molecular flexibility index (Phi) is 6.31. The maximum atomic E-state index is 12.9. The van der Waals surface area contributed by atoms with Crippen LogP contribution in [0.15, 0.2) is 71.6 Å². The normalized spacial score (nSPS) is 11.7. The van der Waals surface area contributed by atoms with Crippen LogP contribution in [0.3, 0.4) is 0 Å². The van der Waals surface area contributed by atoms with Crippen LogP contribution in [0.1, 0.15) is 42.4 Å². The molecule has 8 heteroatoms. The molecular weight excluding hydrogens is 412 g/mol. The third kappa shape index (κ3) is 5.61. The van der Waals surface area contributed by atoms with Gasteiger partial charge in [-0.2, -0.15) is 0 Å². The molecule has 3 rings (SSSR count). The van der Waals surface area contributed by atoms with Crippen molar-refractivity contribution in [2.24, 2.45) is 0 Å². The molecule has 2 aromatic carbocycles. The minimum atomic E-state index is -4.06. The van der Waals surface area contributed by atoms with Crippen LogP contribution in [0.25, 0.3) is 0 Å². The number of carbonyl (C=O) groups is 1. The van der Waals surface area contributed by atoms with Gasteiger partial charge in [0.15, 0.2) is 0 Å². The highest BCUT2D eigenvalue weighted by Crippen LogP contribution is 2.24. The Morgan fingerprint density at radius 2 is 1.61 bits per heavy atom. The van der Waals surface area contributed by atoms with E-state index in [0.29, 0.717) is 18.1 Å². The first-order valence-corrected chi connectivity index (χ1v) is 11.3. The quantitative estimate of drug-likeness (QED) is 0.506. The van der Waals surface area contributed by atoms with E-state index in [-0.39, 0.29) is 15.9 Å². The first-order chi connectivity index (χ1) is 14.6. The largest absolute Gasteiger partial charge is 0.399 e. The molecule has 0 bridgehead atoms. The molecule has 0 radical (unpaired) electrons. The molecule has 0 spiro atoms. The summed E-state index contributed by atoms with van der Waals surface area (Å²) in [6, 6.07) is 18.6. The fourth-order valence-electron chi connectivity index (χ4n) is 2.86. The van der Waals surface area contributed by atoms with Crippen molar-refractivity contribution in [3.63, 3.8) is 0 Å². The van der Waals surface area contributed by atoms with Gasteiger partial charge in [-0.05, 0) is 42.0 Å². The lowest BCUT2D eigenvalue weighted by Gasteiger charge is -2.20. The number of hydrogen-bond donors (Lipinski definition) is 3. The topological polar surface area (TPSA) is 114 Å². The number of hydrogen-bond acceptors (Lipinski definition) is 6. The van der Waals surface area contributed by atoms with Gasteiger partial charge < -0.3 is 11.1 Å². The molecule has 7 nitrogen and oxygen atoms in total. The van der Waals surface area contributed by atoms with Gasteiger partial charge in [0.25, 0.3) is 15.9 Å². The van der Waals surface area contributed by atoms with Crippen LogP contribution in [0, 0.1) is 0 Å². The minimum Gasteiger partial charge on any atom is -0.399 e. The molecule has 0 saturated heterocycles. The number of amides is 1. The van der Waals surface area contributed by atoms with Gasteiger partial charge in [-0.3, -0.25) is 4.79 Å². The molecular formula is C23H26N4O3S. The van der Waals surface area contributed by atoms with Crippen LogP contribution in [-0.2, 0) is 22.0 Å². The molecule has 0 aliphatic rings. The number of aromatic nitrogens is 1. The van der Waals surface area contributed by atoms with Gasteiger partial charge in [0.2, 0.25) is 0 Å². The summed E-state index contributed by atoms with van der Waals surface area (Å²) in [7, 11) is -4.06. The molecule has 1 aromatic heterocycles. The lowest BCUT2D eigenvalue weighted by Crippen LogP contribution is -2.31. The summed E-state index contributed by atoms with van der Waals surface area (Å²) in [5.41, 5.74) is 7.73. The highest BCUT2D eigenvalue weighted by atomic mass is 32.2. The number of benzene rings is 2. The maximum absolute atomic E-state index is 12.9. The number of sulfonamides is 1. The molecule has 162 valence electrons. The van der Waals surface area contributed by atoms with Crippen LogP contribution in [-0.4, -0.2) is 19.3 Å². The number of nitrogens with two attached hydrogens (primary N) is 1. The molecule has 0 saturated carbocycles. The average Bonchev–Trinajstić information content (AvgIpc) is 2.72. The third-order valence-corrected chi connectivity index (χ3v) is 5.98. The molecule has 4 N–H and O–H groups in total. The molecule has 3 aromatic rings. The number of pyridine rings is 1. The van der Waals surface area contributed by atoms with Gasteiger partial charge in [-0.25, -0.2) is 18.1 Å². The number of anilines is 2. The van der Waals surface area contributed by atoms with Crippen LogP contribution < -0.4 is 15.8 Å². The zero-order valence-corrected chi connectivity index (χ0v) is 18.5. The summed E-state index contributed by atoms with van der Waals surface area (Å²) in [6.07, 6.45) is 0. The lowest BCUT2D eigenvalue weighted by molar-refractivity contribution is 0.0981. The average molecular weight is 439 g/mol. The standard InChI is InChI=1S/C23H26N4O3S/c1-23(2,3)20-14-13-19(21(26-20)25-15-16-7-5-4-6-8-16)22(28)27-31(29,30)18-11-9-17(24)10-12-18/h4-14H,15,24H2,1-3H3,(H,25,26)(H,27,28). The zero-order valence-electron chi connectivity index (χ0n) is 17.7. The molecule has 0 fully saturated rings. The Morgan fingerprint density at radius 3 is 2.23 bits per heavy atom. The van der Waals surface area contributed by atoms with Gasteiger partial charge in [0.05, 0.1) is 10.5 Å². The Morgan fingerprint density at radius 1 is 0.968 bits per heavy atom. The van der Waals surface area contributed by atoms with Gasteiger partial charge in [-0.15, -0.1) is 0 Å². The number of nitrogen functional groups attached to an aromatic ring is 1. The van der Waals surface area contributed by atoms with E-state index in [2.05, 4.69) is 15.0 Å². The van der Waals surface area contributed by atoms with E-state index in [1.54, 1.807) is 12.1 Å². The first-order valence-electron chi connectivity index (χ1n) is 9.78. The van der Waals surface area contributed by atoms with Crippen molar-refractivity contribution in [2.45, 2.75) is 37.6 Å². The summed E-state index contributed by atoms with van der Waals surface area (Å²) >= 11 is 0. The van der Waals surface area contributed by atoms with E-state index in [1.807, 2.05) is 51.1 Å². The summed E-state index contributed by atoms with van der Waals surface area (Å²) in [4.78, 5) is 17.5. The van der Waals surface area contributed by atoms with Gasteiger partial charge >= 0.3 is 0 Å². The van der Waals surface area contributed by atoms with Crippen molar-refractivity contribution in [1.82, 2.24) is 9.71 Å². The van der Waals surface area contributed by atoms with Crippen LogP contribution >= 0.6 is 0 Å². The Bertz CT molecular complexity index is 1170. The zero-order chi connectivity index (χ0) is 22.6. The van der Waals surface area contributed by atoms with E-state index in [9.17, 15) is 13.2 Å². The molecule has 1 amide bonds. The predicted octanol–water partition coefficient (Wildman–Crippen LogP) is 3.69. The fourth-order valence-corrected chi connectivity index (χ4v) is 3.83. The van der Waals surface area contributed by atoms with E-state index in [0.717, 1.165) is 11.3 Å². The number of nitrogens with zero attached hydrogens (tertiary/aromatic N) is 1. The summed E-state index contributed by atoms with van der Waals surface area (Å²) in [5.74, 6) is -0.443. The monoisotopic (exact) mass is 438 g/mol. The van der Waals surface area contributed by atoms with Crippen molar-refractivity contribution in [1.29, 1.82) is 0 Å². The summed E-state index contributed by atoms with van der Waals surface area (Å²) in [5, 5.41) is 3.17. The maximum Gasteiger partial charge on any atom is 0.268 e. The van der Waals surface area contributed by atoms with E-state index < -0.39 is 15.9 Å². The lowest BCUT2D eigenvalue weighted by atomic mass is 9.91. The van der Waals surface area contributed by atoms with E-state index >= 15 is 0 Å². The van der Waals surface area contributed by atoms with E-state index in [1.165, 1.54) is 24.3 Å². The number of rotatable bonds is 6. The predicted molar refractivity (Wildman–Crippen MR) is 122 cm³/mol. The van der Waals surface area contributed by atoms with Crippen LogP contribution in [0.2, 0.25) is 0 Å². The van der Waals surface area contributed by atoms with Crippen molar-refractivity contribution < 1.29 is 13.2 Å². The highest BCUT2D eigenvalue weighted by Gasteiger charge is 2.24. The highest BCUT2D eigenvalue weighted by molar-refractivity contribution is 7.90. The van der Waals surface area contributed by atoms with Crippen molar-refractivity contribution in [2.75, 3.05) is 11.1 Å². The SMILES string of the molecule is CC(C)(C)c1ccc(C(=O)NS(=O)(=O)c2ccc(N)cc2)c(NCc2ccccc2)n1.